The van der Waals surface area contributed by atoms with Crippen molar-refractivity contribution in [2.24, 2.45) is 10.6 Å². The zero-order valence-electron chi connectivity index (χ0n) is 19.0. The van der Waals surface area contributed by atoms with Crippen LogP contribution in [0.3, 0.4) is 0 Å². The maximum absolute atomic E-state index is 15.0. The highest BCUT2D eigenvalue weighted by atomic mass is 127. The van der Waals surface area contributed by atoms with Gasteiger partial charge in [-0.1, -0.05) is 5.16 Å². The quantitative estimate of drug-likeness (QED) is 0.135. The lowest BCUT2D eigenvalue weighted by Crippen LogP contribution is -2.37. The second-order valence-corrected chi connectivity index (χ2v) is 8.99. The summed E-state index contributed by atoms with van der Waals surface area (Å²) in [6.45, 7) is 2.37. The van der Waals surface area contributed by atoms with Crippen molar-refractivity contribution in [1.29, 1.82) is 0 Å². The van der Waals surface area contributed by atoms with E-state index >= 15 is 4.39 Å². The Kier molecular flexibility index (Phi) is 10.3. The van der Waals surface area contributed by atoms with Crippen LogP contribution in [0.4, 0.5) is 24.5 Å². The fourth-order valence-electron chi connectivity index (χ4n) is 2.68. The molecule has 2 amide bonds. The minimum atomic E-state index is -1.48. The number of nitrogens with zero attached hydrogens (tertiary/aromatic N) is 1. The molecule has 0 aliphatic rings. The van der Waals surface area contributed by atoms with Crippen LogP contribution in [0, 0.1) is 26.4 Å². The number of aliphatic hydroxyl groups is 1. The number of hydroxylamine groups is 1. The Balaban J connectivity index is 2.40. The number of anilines is 2. The van der Waals surface area contributed by atoms with Crippen molar-refractivity contribution in [1.82, 2.24) is 10.8 Å². The maximum Gasteiger partial charge on any atom is 0.277 e. The summed E-state index contributed by atoms with van der Waals surface area (Å²) < 4.78 is 44.7. The van der Waals surface area contributed by atoms with E-state index in [1.165, 1.54) is 25.2 Å². The van der Waals surface area contributed by atoms with Crippen molar-refractivity contribution < 1.29 is 37.5 Å². The molecule has 0 bridgehead atoms. The molecule has 2 aromatic rings. The lowest BCUT2D eigenvalue weighted by atomic mass is 9.94. The molecular weight excluding hydrogens is 584 g/mol. The predicted molar refractivity (Wildman–Crippen MR) is 131 cm³/mol. The summed E-state index contributed by atoms with van der Waals surface area (Å²) >= 11 is 1.88. The molecular formula is C22H24F3IN4O5. The van der Waals surface area contributed by atoms with E-state index in [0.717, 1.165) is 12.3 Å². The molecule has 35 heavy (non-hydrogen) atoms. The molecule has 2 rings (SSSR count). The Labute approximate surface area is 213 Å². The van der Waals surface area contributed by atoms with Crippen LogP contribution < -0.4 is 16.1 Å². The Hall–Kier alpha value is -2.91. The first-order valence-electron chi connectivity index (χ1n) is 10.2. The number of hydrogen-bond acceptors (Lipinski definition) is 7. The van der Waals surface area contributed by atoms with Crippen molar-refractivity contribution in [2.75, 3.05) is 32.2 Å². The molecule has 0 aliphatic heterocycles. The molecule has 0 radical (unpaired) electrons. The van der Waals surface area contributed by atoms with Gasteiger partial charge in [-0.25, -0.2) is 18.7 Å². The summed E-state index contributed by atoms with van der Waals surface area (Å²) in [6, 6.07) is 4.96. The third-order valence-corrected chi connectivity index (χ3v) is 5.23. The van der Waals surface area contributed by atoms with E-state index in [4.69, 9.17) is 14.8 Å². The van der Waals surface area contributed by atoms with Crippen LogP contribution in [0.2, 0.25) is 0 Å². The zero-order valence-corrected chi connectivity index (χ0v) is 21.2. The number of halogens is 4. The summed E-state index contributed by atoms with van der Waals surface area (Å²) in [6.07, 6.45) is 0.832. The second kappa shape index (κ2) is 12.7. The highest BCUT2D eigenvalue weighted by Gasteiger charge is 2.28. The van der Waals surface area contributed by atoms with Crippen LogP contribution in [-0.4, -0.2) is 50.0 Å². The number of carbonyl (C=O) groups excluding carboxylic acids is 2. The van der Waals surface area contributed by atoms with Gasteiger partial charge in [-0.3, -0.25) is 14.4 Å². The van der Waals surface area contributed by atoms with E-state index in [9.17, 15) is 18.4 Å². The first-order chi connectivity index (χ1) is 16.5. The van der Waals surface area contributed by atoms with Gasteiger partial charge in [0.25, 0.3) is 5.91 Å². The van der Waals surface area contributed by atoms with Crippen molar-refractivity contribution in [3.63, 3.8) is 0 Å². The number of aliphatic hydroxyl groups excluding tert-OH is 1. The van der Waals surface area contributed by atoms with Crippen LogP contribution in [0.1, 0.15) is 29.8 Å². The van der Waals surface area contributed by atoms with E-state index in [2.05, 4.69) is 15.8 Å². The van der Waals surface area contributed by atoms with Gasteiger partial charge in [0.1, 0.15) is 12.4 Å². The molecule has 0 unspecified atom stereocenters. The van der Waals surface area contributed by atoms with Gasteiger partial charge < -0.3 is 20.6 Å². The van der Waals surface area contributed by atoms with Crippen LogP contribution in [-0.2, 0) is 14.5 Å². The van der Waals surface area contributed by atoms with Crippen molar-refractivity contribution >= 4 is 52.0 Å². The Morgan fingerprint density at radius 1 is 1.20 bits per heavy atom. The topological polar surface area (TPSA) is 121 Å². The van der Waals surface area contributed by atoms with E-state index in [1.807, 2.05) is 28.1 Å². The van der Waals surface area contributed by atoms with Gasteiger partial charge in [0.05, 0.1) is 41.8 Å². The summed E-state index contributed by atoms with van der Waals surface area (Å²) in [5.74, 6) is -4.93. The molecule has 0 aliphatic carbocycles. The number of amides is 2. The molecule has 13 heteroatoms. The first-order valence-corrected chi connectivity index (χ1v) is 11.2. The third kappa shape index (κ3) is 7.53. The number of rotatable bonds is 11. The van der Waals surface area contributed by atoms with Crippen molar-refractivity contribution in [2.45, 2.75) is 13.8 Å². The third-order valence-electron chi connectivity index (χ3n) is 4.56. The standard InChI is InChI=1S/C22H24F3IN4O5/c1-22(2,21(33)27-3)11-35-28-10-12-8-14(20(32)30-34-7-6-31)19(18(25)17(12)24)29-16-5-4-13(26)9-15(16)23/h4-5,8-10,29,31H,6-7,11H2,1-3H3,(H,27,33)(H,30,32). The Bertz CT molecular complexity index is 1110. The van der Waals surface area contributed by atoms with Gasteiger partial charge in [-0.05, 0) is 60.7 Å². The maximum atomic E-state index is 15.0. The van der Waals surface area contributed by atoms with E-state index in [1.54, 1.807) is 13.8 Å². The molecule has 0 spiro atoms. The molecule has 2 aromatic carbocycles. The summed E-state index contributed by atoms with van der Waals surface area (Å²) in [7, 11) is 1.46. The van der Waals surface area contributed by atoms with E-state index in [-0.39, 0.29) is 24.8 Å². The Morgan fingerprint density at radius 2 is 1.91 bits per heavy atom. The SMILES string of the molecule is CNC(=O)C(C)(C)CON=Cc1cc(C(=O)NOCCO)c(Nc2ccc(I)cc2F)c(F)c1F. The van der Waals surface area contributed by atoms with Gasteiger partial charge >= 0.3 is 0 Å². The van der Waals surface area contributed by atoms with E-state index in [0.29, 0.717) is 3.57 Å². The summed E-state index contributed by atoms with van der Waals surface area (Å²) in [5, 5.41) is 17.2. The van der Waals surface area contributed by atoms with Gasteiger partial charge in [-0.15, -0.1) is 0 Å². The number of hydrogen-bond donors (Lipinski definition) is 4. The second-order valence-electron chi connectivity index (χ2n) is 7.74. The molecule has 0 saturated carbocycles. The molecule has 0 saturated heterocycles. The minimum absolute atomic E-state index is 0.165. The number of benzene rings is 2. The number of nitrogens with one attached hydrogen (secondary N) is 3. The lowest BCUT2D eigenvalue weighted by Gasteiger charge is -2.20. The first kappa shape index (κ1) is 28.3. The molecule has 0 fully saturated rings. The average Bonchev–Trinajstić information content (AvgIpc) is 2.81. The molecule has 4 N–H and O–H groups in total. The summed E-state index contributed by atoms with van der Waals surface area (Å²) in [4.78, 5) is 34.2. The molecule has 190 valence electrons. The fourth-order valence-corrected chi connectivity index (χ4v) is 3.13. The minimum Gasteiger partial charge on any atom is -0.395 e. The average molecular weight is 608 g/mol. The van der Waals surface area contributed by atoms with Gasteiger partial charge in [0.2, 0.25) is 5.91 Å². The largest absolute Gasteiger partial charge is 0.395 e. The van der Waals surface area contributed by atoms with Gasteiger partial charge in [0, 0.05) is 16.2 Å². The highest BCUT2D eigenvalue weighted by Crippen LogP contribution is 2.30. The van der Waals surface area contributed by atoms with Crippen LogP contribution >= 0.6 is 22.6 Å². The zero-order chi connectivity index (χ0) is 26.2. The van der Waals surface area contributed by atoms with Crippen molar-refractivity contribution in [3.8, 4) is 0 Å². The highest BCUT2D eigenvalue weighted by molar-refractivity contribution is 14.1. The smallest absolute Gasteiger partial charge is 0.277 e. The molecule has 0 aromatic heterocycles. The number of oxime groups is 1. The fraction of sp³-hybridized carbons (Fsp3) is 0.318. The van der Waals surface area contributed by atoms with Crippen LogP contribution in [0.15, 0.2) is 29.4 Å². The monoisotopic (exact) mass is 608 g/mol. The molecule has 9 nitrogen and oxygen atoms in total. The molecule has 0 heterocycles. The van der Waals surface area contributed by atoms with Gasteiger partial charge in [-0.2, -0.15) is 0 Å². The molecule has 0 atom stereocenters. The van der Waals surface area contributed by atoms with Crippen LogP contribution in [0.5, 0.6) is 0 Å². The Morgan fingerprint density at radius 3 is 2.54 bits per heavy atom. The van der Waals surface area contributed by atoms with Crippen molar-refractivity contribution in [3.05, 3.63) is 56.4 Å². The van der Waals surface area contributed by atoms with Gasteiger partial charge in [0.15, 0.2) is 11.6 Å². The predicted octanol–water partition coefficient (Wildman–Crippen LogP) is 3.23. The number of carbonyl (C=O) groups is 2. The van der Waals surface area contributed by atoms with E-state index < -0.39 is 52.2 Å². The lowest BCUT2D eigenvalue weighted by molar-refractivity contribution is -0.132. The normalized spacial score (nSPS) is 11.4. The van der Waals surface area contributed by atoms with Crippen LogP contribution in [0.25, 0.3) is 0 Å². The summed E-state index contributed by atoms with van der Waals surface area (Å²) in [5.41, 5.74) is -0.702.